The number of furan rings is 1. The Bertz CT molecular complexity index is 275. The fraction of sp³-hybridized carbons (Fsp3) is 0.636. The summed E-state index contributed by atoms with van der Waals surface area (Å²) in [6, 6.07) is 4.17. The van der Waals surface area contributed by atoms with E-state index in [0.29, 0.717) is 0 Å². The van der Waals surface area contributed by atoms with Gasteiger partial charge in [-0.05, 0) is 24.5 Å². The highest BCUT2D eigenvalue weighted by Gasteiger charge is 2.25. The van der Waals surface area contributed by atoms with Crippen molar-refractivity contribution in [1.82, 2.24) is 0 Å². The van der Waals surface area contributed by atoms with Crippen molar-refractivity contribution in [3.63, 3.8) is 0 Å². The maximum atomic E-state index is 6.01. The van der Waals surface area contributed by atoms with Gasteiger partial charge in [0.2, 0.25) is 0 Å². The van der Waals surface area contributed by atoms with Crippen LogP contribution in [0.5, 0.6) is 0 Å². The topological polar surface area (TPSA) is 39.2 Å². The molecule has 0 saturated heterocycles. The van der Waals surface area contributed by atoms with Gasteiger partial charge in [0.1, 0.15) is 11.5 Å². The lowest BCUT2D eigenvalue weighted by atomic mass is 10.1. The summed E-state index contributed by atoms with van der Waals surface area (Å²) in [5.74, 6) is 2.87. The van der Waals surface area contributed by atoms with Gasteiger partial charge in [0.05, 0.1) is 6.04 Å². The molecule has 0 bridgehead atoms. The molecule has 0 amide bonds. The molecule has 0 radical (unpaired) electrons. The van der Waals surface area contributed by atoms with E-state index in [1.807, 2.05) is 12.1 Å². The highest BCUT2D eigenvalue weighted by molar-refractivity contribution is 5.10. The molecule has 2 rings (SSSR count). The zero-order valence-corrected chi connectivity index (χ0v) is 8.12. The van der Waals surface area contributed by atoms with Crippen LogP contribution in [0.25, 0.3) is 0 Å². The molecule has 2 nitrogen and oxygen atoms in total. The Hall–Kier alpha value is -0.760. The zero-order valence-electron chi connectivity index (χ0n) is 8.12. The summed E-state index contributed by atoms with van der Waals surface area (Å²) in [5.41, 5.74) is 6.01. The van der Waals surface area contributed by atoms with Crippen molar-refractivity contribution in [3.8, 4) is 0 Å². The molecule has 1 fully saturated rings. The van der Waals surface area contributed by atoms with Crippen LogP contribution in [-0.4, -0.2) is 0 Å². The molecule has 0 aromatic carbocycles. The van der Waals surface area contributed by atoms with Crippen LogP contribution in [0.3, 0.4) is 0 Å². The number of aryl methyl sites for hydroxylation is 1. The van der Waals surface area contributed by atoms with Crippen LogP contribution in [0.15, 0.2) is 16.5 Å². The predicted molar refractivity (Wildman–Crippen MR) is 52.4 cm³/mol. The molecule has 13 heavy (non-hydrogen) atoms. The Labute approximate surface area is 79.1 Å². The molecule has 1 heterocycles. The molecule has 72 valence electrons. The second kappa shape index (κ2) is 3.54. The van der Waals surface area contributed by atoms with Crippen molar-refractivity contribution < 1.29 is 4.42 Å². The Morgan fingerprint density at radius 3 is 2.85 bits per heavy atom. The van der Waals surface area contributed by atoms with Gasteiger partial charge in [0, 0.05) is 6.42 Å². The van der Waals surface area contributed by atoms with Crippen LogP contribution >= 0.6 is 0 Å². The van der Waals surface area contributed by atoms with Gasteiger partial charge >= 0.3 is 0 Å². The van der Waals surface area contributed by atoms with E-state index >= 15 is 0 Å². The minimum Gasteiger partial charge on any atom is -0.464 e. The number of hydrogen-bond donors (Lipinski definition) is 1. The van der Waals surface area contributed by atoms with E-state index in [1.165, 1.54) is 12.8 Å². The third-order valence-electron chi connectivity index (χ3n) is 2.68. The molecule has 1 aromatic rings. The van der Waals surface area contributed by atoms with Crippen LogP contribution in [-0.2, 0) is 6.42 Å². The Balaban J connectivity index is 1.96. The molecule has 1 aliphatic carbocycles. The number of hydrogen-bond acceptors (Lipinski definition) is 2. The summed E-state index contributed by atoms with van der Waals surface area (Å²) in [5, 5.41) is 0. The fourth-order valence-corrected chi connectivity index (χ4v) is 1.61. The van der Waals surface area contributed by atoms with Gasteiger partial charge < -0.3 is 10.2 Å². The van der Waals surface area contributed by atoms with E-state index < -0.39 is 0 Å². The molecule has 0 unspecified atom stereocenters. The summed E-state index contributed by atoms with van der Waals surface area (Å²) in [6.45, 7) is 2.09. The number of nitrogens with two attached hydrogens (primary N) is 1. The molecule has 2 N–H and O–H groups in total. The highest BCUT2D eigenvalue weighted by Crippen LogP contribution is 2.36. The number of rotatable bonds is 4. The molecule has 1 saturated carbocycles. The SMILES string of the molecule is CCc1ccc([C@@H](N)CC2CC2)o1. The van der Waals surface area contributed by atoms with Crippen LogP contribution in [0.1, 0.15) is 43.7 Å². The molecular weight excluding hydrogens is 162 g/mol. The van der Waals surface area contributed by atoms with E-state index in [1.54, 1.807) is 0 Å². The fourth-order valence-electron chi connectivity index (χ4n) is 1.61. The van der Waals surface area contributed by atoms with Crippen molar-refractivity contribution in [2.24, 2.45) is 11.7 Å². The molecule has 0 spiro atoms. The van der Waals surface area contributed by atoms with Crippen molar-refractivity contribution in [2.75, 3.05) is 0 Å². The minimum atomic E-state index is 0.118. The van der Waals surface area contributed by atoms with Crippen molar-refractivity contribution in [1.29, 1.82) is 0 Å². The van der Waals surface area contributed by atoms with Crippen LogP contribution in [0, 0.1) is 5.92 Å². The van der Waals surface area contributed by atoms with Crippen LogP contribution in [0.2, 0.25) is 0 Å². The predicted octanol–water partition coefficient (Wildman–Crippen LogP) is 2.64. The molecule has 2 heteroatoms. The van der Waals surface area contributed by atoms with E-state index in [9.17, 15) is 0 Å². The maximum Gasteiger partial charge on any atom is 0.120 e. The van der Waals surface area contributed by atoms with E-state index in [0.717, 1.165) is 30.3 Å². The average Bonchev–Trinajstić information content (AvgIpc) is 2.82. The monoisotopic (exact) mass is 179 g/mol. The summed E-state index contributed by atoms with van der Waals surface area (Å²) in [4.78, 5) is 0. The van der Waals surface area contributed by atoms with Gasteiger partial charge in [0.25, 0.3) is 0 Å². The highest BCUT2D eigenvalue weighted by atomic mass is 16.3. The Kier molecular flexibility index (Phi) is 2.40. The average molecular weight is 179 g/mol. The Morgan fingerprint density at radius 2 is 2.31 bits per heavy atom. The van der Waals surface area contributed by atoms with Gasteiger partial charge in [-0.2, -0.15) is 0 Å². The van der Waals surface area contributed by atoms with Gasteiger partial charge in [-0.15, -0.1) is 0 Å². The zero-order chi connectivity index (χ0) is 9.26. The van der Waals surface area contributed by atoms with E-state index in [-0.39, 0.29) is 6.04 Å². The van der Waals surface area contributed by atoms with E-state index in [2.05, 4.69) is 6.92 Å². The standard InChI is InChI=1S/C11H17NO/c1-2-9-5-6-11(13-9)10(12)7-8-3-4-8/h5-6,8,10H,2-4,7,12H2,1H3/t10-/m0/s1. The van der Waals surface area contributed by atoms with Crippen LogP contribution in [0.4, 0.5) is 0 Å². The largest absolute Gasteiger partial charge is 0.464 e. The first-order valence-electron chi connectivity index (χ1n) is 5.13. The second-order valence-corrected chi connectivity index (χ2v) is 3.94. The first-order valence-corrected chi connectivity index (χ1v) is 5.13. The van der Waals surface area contributed by atoms with Gasteiger partial charge in [-0.1, -0.05) is 19.8 Å². The van der Waals surface area contributed by atoms with E-state index in [4.69, 9.17) is 10.2 Å². The first kappa shape index (κ1) is 8.82. The molecule has 1 aliphatic rings. The Morgan fingerprint density at radius 1 is 1.54 bits per heavy atom. The van der Waals surface area contributed by atoms with Gasteiger partial charge in [-0.3, -0.25) is 0 Å². The van der Waals surface area contributed by atoms with Crippen molar-refractivity contribution >= 4 is 0 Å². The molecule has 1 atom stereocenters. The summed E-state index contributed by atoms with van der Waals surface area (Å²) >= 11 is 0. The maximum absolute atomic E-state index is 6.01. The third-order valence-corrected chi connectivity index (χ3v) is 2.68. The third kappa shape index (κ3) is 2.13. The first-order chi connectivity index (χ1) is 6.29. The van der Waals surface area contributed by atoms with Crippen molar-refractivity contribution in [2.45, 2.75) is 38.6 Å². The lowest BCUT2D eigenvalue weighted by molar-refractivity contribution is 0.416. The van der Waals surface area contributed by atoms with Gasteiger partial charge in [0.15, 0.2) is 0 Å². The molecular formula is C11H17NO. The molecule has 0 aliphatic heterocycles. The summed E-state index contributed by atoms with van der Waals surface area (Å²) in [6.07, 6.45) is 4.76. The second-order valence-electron chi connectivity index (χ2n) is 3.94. The van der Waals surface area contributed by atoms with Crippen molar-refractivity contribution in [3.05, 3.63) is 23.7 Å². The van der Waals surface area contributed by atoms with Gasteiger partial charge in [-0.25, -0.2) is 0 Å². The summed E-state index contributed by atoms with van der Waals surface area (Å²) < 4.78 is 5.60. The smallest absolute Gasteiger partial charge is 0.120 e. The lowest BCUT2D eigenvalue weighted by Gasteiger charge is -2.06. The summed E-state index contributed by atoms with van der Waals surface area (Å²) in [7, 11) is 0. The normalized spacial score (nSPS) is 18.9. The van der Waals surface area contributed by atoms with Crippen LogP contribution < -0.4 is 5.73 Å². The minimum absolute atomic E-state index is 0.118. The quantitative estimate of drug-likeness (QED) is 0.771. The lowest BCUT2D eigenvalue weighted by Crippen LogP contribution is -2.09. The molecule has 1 aromatic heterocycles.